The Balaban J connectivity index is 1.73. The maximum absolute atomic E-state index is 12.1. The summed E-state index contributed by atoms with van der Waals surface area (Å²) in [4.78, 5) is 16.4. The molecule has 0 saturated heterocycles. The van der Waals surface area contributed by atoms with Crippen LogP contribution in [-0.2, 0) is 11.8 Å². The number of halogens is 1. The summed E-state index contributed by atoms with van der Waals surface area (Å²) in [6.07, 6.45) is 4.88. The lowest BCUT2D eigenvalue weighted by Gasteiger charge is -2.04. The van der Waals surface area contributed by atoms with Crippen LogP contribution >= 0.6 is 22.9 Å². The van der Waals surface area contributed by atoms with Crippen molar-refractivity contribution in [1.29, 1.82) is 0 Å². The van der Waals surface area contributed by atoms with Crippen molar-refractivity contribution in [3.8, 4) is 10.6 Å². The van der Waals surface area contributed by atoms with Crippen molar-refractivity contribution in [2.75, 3.05) is 5.32 Å². The Morgan fingerprint density at radius 2 is 2.25 bits per heavy atom. The normalized spacial score (nSPS) is 11.1. The number of hydrogen-bond donors (Lipinski definition) is 1. The summed E-state index contributed by atoms with van der Waals surface area (Å²) in [5.41, 5.74) is 3.20. The molecule has 0 atom stereocenters. The number of nitrogens with zero attached hydrogens (tertiary/aromatic N) is 3. The number of hydrogen-bond acceptors (Lipinski definition) is 4. The first-order valence-corrected chi connectivity index (χ1v) is 8.48. The maximum atomic E-state index is 12.1. The van der Waals surface area contributed by atoms with Crippen LogP contribution in [0.3, 0.4) is 0 Å². The molecule has 0 radical (unpaired) electrons. The third-order valence-corrected chi connectivity index (χ3v) is 4.68. The Labute approximate surface area is 148 Å². The second-order valence-electron chi connectivity index (χ2n) is 5.15. The fourth-order valence-corrected chi connectivity index (χ4v) is 3.15. The average molecular weight is 359 g/mol. The van der Waals surface area contributed by atoms with Crippen molar-refractivity contribution in [3.63, 3.8) is 0 Å². The van der Waals surface area contributed by atoms with E-state index < -0.39 is 0 Å². The largest absolute Gasteiger partial charge is 0.322 e. The molecule has 7 heteroatoms. The Kier molecular flexibility index (Phi) is 4.78. The number of rotatable bonds is 4. The molecule has 5 nitrogen and oxygen atoms in total. The van der Waals surface area contributed by atoms with Crippen LogP contribution < -0.4 is 5.32 Å². The second kappa shape index (κ2) is 6.98. The third kappa shape index (κ3) is 3.55. The van der Waals surface area contributed by atoms with Gasteiger partial charge in [-0.05, 0) is 25.1 Å². The highest BCUT2D eigenvalue weighted by Crippen LogP contribution is 2.24. The minimum absolute atomic E-state index is 0.231. The van der Waals surface area contributed by atoms with E-state index in [2.05, 4.69) is 15.4 Å². The first-order valence-electron chi connectivity index (χ1n) is 7.22. The summed E-state index contributed by atoms with van der Waals surface area (Å²) in [6, 6.07) is 7.58. The number of aryl methyl sites for hydroxylation is 2. The zero-order valence-corrected chi connectivity index (χ0v) is 14.7. The fourth-order valence-electron chi connectivity index (χ4n) is 2.27. The molecule has 24 heavy (non-hydrogen) atoms. The summed E-state index contributed by atoms with van der Waals surface area (Å²) in [5.74, 6) is -0.231. The first-order chi connectivity index (χ1) is 11.5. The van der Waals surface area contributed by atoms with Crippen molar-refractivity contribution in [1.82, 2.24) is 14.8 Å². The monoisotopic (exact) mass is 358 g/mol. The van der Waals surface area contributed by atoms with Gasteiger partial charge in [0.25, 0.3) is 0 Å². The molecule has 0 aliphatic carbocycles. The van der Waals surface area contributed by atoms with Gasteiger partial charge < -0.3 is 5.32 Å². The molecule has 0 spiro atoms. The molecular formula is C17H15ClN4OS. The van der Waals surface area contributed by atoms with Crippen molar-refractivity contribution in [2.45, 2.75) is 6.92 Å². The lowest BCUT2D eigenvalue weighted by Crippen LogP contribution is -2.07. The molecule has 1 N–H and O–H groups in total. The van der Waals surface area contributed by atoms with Gasteiger partial charge in [-0.25, -0.2) is 4.98 Å². The highest BCUT2D eigenvalue weighted by Gasteiger charge is 2.09. The van der Waals surface area contributed by atoms with E-state index in [0.717, 1.165) is 21.8 Å². The van der Waals surface area contributed by atoms with Crippen LogP contribution in [0.5, 0.6) is 0 Å². The molecule has 0 bridgehead atoms. The number of aromatic nitrogens is 3. The number of carbonyl (C=O) groups is 1. The standard InChI is InChI=1S/C17H15ClN4OS/c1-11-14(16(18)22(2)21-11)6-7-15(23)20-13-5-3-4-12(10-13)17-19-8-9-24-17/h3-10H,1-2H3,(H,20,23)/b7-6+. The van der Waals surface area contributed by atoms with Crippen LogP contribution in [0, 0.1) is 6.92 Å². The molecule has 0 aliphatic rings. The van der Waals surface area contributed by atoms with Crippen molar-refractivity contribution in [2.24, 2.45) is 7.05 Å². The Morgan fingerprint density at radius 1 is 1.42 bits per heavy atom. The summed E-state index contributed by atoms with van der Waals surface area (Å²) < 4.78 is 1.58. The number of anilines is 1. The zero-order valence-electron chi connectivity index (χ0n) is 13.2. The van der Waals surface area contributed by atoms with Gasteiger partial charge in [0.15, 0.2) is 0 Å². The number of amides is 1. The molecule has 0 unspecified atom stereocenters. The van der Waals surface area contributed by atoms with Gasteiger partial charge in [-0.2, -0.15) is 5.10 Å². The van der Waals surface area contributed by atoms with Gasteiger partial charge >= 0.3 is 0 Å². The molecular weight excluding hydrogens is 344 g/mol. The highest BCUT2D eigenvalue weighted by molar-refractivity contribution is 7.13. The van der Waals surface area contributed by atoms with Crippen LogP contribution in [-0.4, -0.2) is 20.7 Å². The molecule has 1 amide bonds. The third-order valence-electron chi connectivity index (χ3n) is 3.41. The Morgan fingerprint density at radius 3 is 2.92 bits per heavy atom. The number of nitrogens with one attached hydrogen (secondary N) is 1. The van der Waals surface area contributed by atoms with Crippen LogP contribution in [0.15, 0.2) is 41.9 Å². The number of benzene rings is 1. The van der Waals surface area contributed by atoms with Crippen molar-refractivity contribution in [3.05, 3.63) is 58.3 Å². The predicted octanol–water partition coefficient (Wildman–Crippen LogP) is 4.16. The minimum Gasteiger partial charge on any atom is -0.322 e. The molecule has 3 aromatic rings. The SMILES string of the molecule is Cc1nn(C)c(Cl)c1/C=C/C(=O)Nc1cccc(-c2nccs2)c1. The molecule has 0 fully saturated rings. The van der Waals surface area contributed by atoms with Crippen LogP contribution in [0.1, 0.15) is 11.3 Å². The summed E-state index contributed by atoms with van der Waals surface area (Å²) in [7, 11) is 1.76. The molecule has 2 heterocycles. The van der Waals surface area contributed by atoms with E-state index >= 15 is 0 Å². The molecule has 0 saturated carbocycles. The van der Waals surface area contributed by atoms with Gasteiger partial charge in [-0.15, -0.1) is 11.3 Å². The molecule has 0 aliphatic heterocycles. The van der Waals surface area contributed by atoms with Crippen molar-refractivity contribution >= 4 is 40.6 Å². The van der Waals surface area contributed by atoms with Crippen LogP contribution in [0.2, 0.25) is 5.15 Å². The smallest absolute Gasteiger partial charge is 0.248 e. The van der Waals surface area contributed by atoms with E-state index in [1.165, 1.54) is 6.08 Å². The van der Waals surface area contributed by atoms with Gasteiger partial charge in [-0.3, -0.25) is 9.48 Å². The van der Waals surface area contributed by atoms with E-state index in [1.54, 1.807) is 35.3 Å². The van der Waals surface area contributed by atoms with Crippen LogP contribution in [0.25, 0.3) is 16.6 Å². The van der Waals surface area contributed by atoms with E-state index in [9.17, 15) is 4.79 Å². The van der Waals surface area contributed by atoms with E-state index in [4.69, 9.17) is 11.6 Å². The lowest BCUT2D eigenvalue weighted by molar-refractivity contribution is -0.111. The Bertz CT molecular complexity index is 899. The molecule has 2 aromatic heterocycles. The van der Waals surface area contributed by atoms with Crippen LogP contribution in [0.4, 0.5) is 5.69 Å². The van der Waals surface area contributed by atoms with E-state index in [-0.39, 0.29) is 5.91 Å². The first kappa shape index (κ1) is 16.4. The minimum atomic E-state index is -0.231. The van der Waals surface area contributed by atoms with E-state index in [1.807, 2.05) is 36.6 Å². The van der Waals surface area contributed by atoms with Gasteiger partial charge in [0, 0.05) is 41.5 Å². The van der Waals surface area contributed by atoms with Crippen molar-refractivity contribution < 1.29 is 4.79 Å². The summed E-state index contributed by atoms with van der Waals surface area (Å²) in [5, 5.41) is 10.4. The summed E-state index contributed by atoms with van der Waals surface area (Å²) in [6.45, 7) is 1.85. The number of thiazole rings is 1. The zero-order chi connectivity index (χ0) is 17.1. The van der Waals surface area contributed by atoms with Gasteiger partial charge in [0.05, 0.1) is 5.69 Å². The summed E-state index contributed by atoms with van der Waals surface area (Å²) >= 11 is 7.70. The quantitative estimate of drug-likeness (QED) is 0.712. The average Bonchev–Trinajstić information content (AvgIpc) is 3.16. The molecule has 1 aromatic carbocycles. The predicted molar refractivity (Wildman–Crippen MR) is 98.2 cm³/mol. The van der Waals surface area contributed by atoms with E-state index in [0.29, 0.717) is 10.8 Å². The van der Waals surface area contributed by atoms with Gasteiger partial charge in [0.1, 0.15) is 10.2 Å². The van der Waals surface area contributed by atoms with Gasteiger partial charge in [-0.1, -0.05) is 23.7 Å². The fraction of sp³-hybridized carbons (Fsp3) is 0.118. The Hall–Kier alpha value is -2.44. The second-order valence-corrected chi connectivity index (χ2v) is 6.41. The number of carbonyl (C=O) groups excluding carboxylic acids is 1. The lowest BCUT2D eigenvalue weighted by atomic mass is 10.2. The van der Waals surface area contributed by atoms with Gasteiger partial charge in [0.2, 0.25) is 5.91 Å². The highest BCUT2D eigenvalue weighted by atomic mass is 35.5. The molecule has 122 valence electrons. The molecule has 3 rings (SSSR count). The maximum Gasteiger partial charge on any atom is 0.248 e. The topological polar surface area (TPSA) is 59.8 Å².